The first-order valence-corrected chi connectivity index (χ1v) is 7.19. The van der Waals surface area contributed by atoms with Crippen molar-refractivity contribution in [3.63, 3.8) is 0 Å². The average molecular weight is 284 g/mol. The van der Waals surface area contributed by atoms with Crippen molar-refractivity contribution in [3.8, 4) is 0 Å². The fraction of sp³-hybridized carbons (Fsp3) is 0.533. The third-order valence-corrected chi connectivity index (χ3v) is 3.12. The lowest BCUT2D eigenvalue weighted by molar-refractivity contribution is -0.145. The SMILES string of the molecule is CCCC(NCCc1ccc(Cl)cc1)C(=O)OCC. The van der Waals surface area contributed by atoms with Gasteiger partial charge in [-0.3, -0.25) is 4.79 Å². The number of hydrogen-bond acceptors (Lipinski definition) is 3. The number of benzene rings is 1. The summed E-state index contributed by atoms with van der Waals surface area (Å²) >= 11 is 5.84. The lowest BCUT2D eigenvalue weighted by atomic mass is 10.1. The predicted octanol–water partition coefficient (Wildman–Crippen LogP) is 3.20. The van der Waals surface area contributed by atoms with E-state index in [2.05, 4.69) is 12.2 Å². The van der Waals surface area contributed by atoms with Gasteiger partial charge in [0, 0.05) is 5.02 Å². The van der Waals surface area contributed by atoms with Crippen molar-refractivity contribution >= 4 is 17.6 Å². The van der Waals surface area contributed by atoms with Crippen LogP contribution in [0.25, 0.3) is 0 Å². The summed E-state index contributed by atoms with van der Waals surface area (Å²) in [5.74, 6) is -0.152. The van der Waals surface area contributed by atoms with Gasteiger partial charge in [-0.1, -0.05) is 37.1 Å². The highest BCUT2D eigenvalue weighted by molar-refractivity contribution is 6.30. The van der Waals surface area contributed by atoms with Crippen molar-refractivity contribution in [2.24, 2.45) is 0 Å². The minimum Gasteiger partial charge on any atom is -0.465 e. The number of rotatable bonds is 8. The molecule has 106 valence electrons. The Hall–Kier alpha value is -1.06. The van der Waals surface area contributed by atoms with E-state index >= 15 is 0 Å². The van der Waals surface area contributed by atoms with Crippen molar-refractivity contribution in [2.45, 2.75) is 39.2 Å². The average Bonchev–Trinajstić information content (AvgIpc) is 2.40. The van der Waals surface area contributed by atoms with E-state index in [1.165, 1.54) is 5.56 Å². The summed E-state index contributed by atoms with van der Waals surface area (Å²) in [4.78, 5) is 11.7. The van der Waals surface area contributed by atoms with Crippen LogP contribution in [0.3, 0.4) is 0 Å². The third kappa shape index (κ3) is 6.08. The molecule has 0 fully saturated rings. The Bertz CT molecular complexity index is 378. The molecule has 1 aromatic carbocycles. The Labute approximate surface area is 120 Å². The fourth-order valence-corrected chi connectivity index (χ4v) is 2.00. The van der Waals surface area contributed by atoms with Crippen LogP contribution in [0.15, 0.2) is 24.3 Å². The van der Waals surface area contributed by atoms with E-state index in [1.807, 2.05) is 31.2 Å². The monoisotopic (exact) mass is 283 g/mol. The first kappa shape index (κ1) is 16.0. The van der Waals surface area contributed by atoms with E-state index in [0.29, 0.717) is 6.61 Å². The fourth-order valence-electron chi connectivity index (χ4n) is 1.88. The minimum atomic E-state index is -0.197. The van der Waals surface area contributed by atoms with Crippen LogP contribution >= 0.6 is 11.6 Å². The van der Waals surface area contributed by atoms with E-state index < -0.39 is 0 Å². The molecule has 3 nitrogen and oxygen atoms in total. The zero-order chi connectivity index (χ0) is 14.1. The molecular weight excluding hydrogens is 262 g/mol. The smallest absolute Gasteiger partial charge is 0.323 e. The molecule has 0 aliphatic carbocycles. The van der Waals surface area contributed by atoms with Crippen LogP contribution in [0, 0.1) is 0 Å². The van der Waals surface area contributed by atoms with Gasteiger partial charge in [-0.2, -0.15) is 0 Å². The first-order valence-electron chi connectivity index (χ1n) is 6.81. The third-order valence-electron chi connectivity index (χ3n) is 2.87. The van der Waals surface area contributed by atoms with E-state index in [4.69, 9.17) is 16.3 Å². The highest BCUT2D eigenvalue weighted by atomic mass is 35.5. The second-order valence-corrected chi connectivity index (χ2v) is 4.86. The molecule has 1 N–H and O–H groups in total. The highest BCUT2D eigenvalue weighted by Crippen LogP contribution is 2.09. The molecule has 1 aromatic rings. The van der Waals surface area contributed by atoms with Gasteiger partial charge in [0.15, 0.2) is 0 Å². The Kier molecular flexibility index (Phi) is 7.53. The Morgan fingerprint density at radius 2 is 2.00 bits per heavy atom. The maximum atomic E-state index is 11.7. The quantitative estimate of drug-likeness (QED) is 0.745. The van der Waals surface area contributed by atoms with Gasteiger partial charge in [-0.05, 0) is 44.0 Å². The van der Waals surface area contributed by atoms with E-state index in [0.717, 1.165) is 30.8 Å². The molecule has 19 heavy (non-hydrogen) atoms. The summed E-state index contributed by atoms with van der Waals surface area (Å²) in [6, 6.07) is 7.57. The van der Waals surface area contributed by atoms with Crippen LogP contribution < -0.4 is 5.32 Å². The molecule has 1 atom stereocenters. The van der Waals surface area contributed by atoms with Crippen molar-refractivity contribution < 1.29 is 9.53 Å². The van der Waals surface area contributed by atoms with Crippen LogP contribution in [-0.2, 0) is 16.0 Å². The summed E-state index contributed by atoms with van der Waals surface area (Å²) in [7, 11) is 0. The van der Waals surface area contributed by atoms with Crippen LogP contribution in [0.1, 0.15) is 32.3 Å². The van der Waals surface area contributed by atoms with Crippen molar-refractivity contribution in [3.05, 3.63) is 34.9 Å². The van der Waals surface area contributed by atoms with Crippen LogP contribution in [0.4, 0.5) is 0 Å². The number of carbonyl (C=O) groups is 1. The molecule has 0 saturated carbocycles. The van der Waals surface area contributed by atoms with Crippen molar-refractivity contribution in [2.75, 3.05) is 13.2 Å². The highest BCUT2D eigenvalue weighted by Gasteiger charge is 2.17. The molecule has 0 aromatic heterocycles. The van der Waals surface area contributed by atoms with Gasteiger partial charge in [-0.15, -0.1) is 0 Å². The molecule has 0 spiro atoms. The molecule has 0 heterocycles. The topological polar surface area (TPSA) is 38.3 Å². The molecular formula is C15H22ClNO2. The van der Waals surface area contributed by atoms with E-state index in [-0.39, 0.29) is 12.0 Å². The number of hydrogen-bond donors (Lipinski definition) is 1. The number of carbonyl (C=O) groups excluding carboxylic acids is 1. The molecule has 1 rings (SSSR count). The Morgan fingerprint density at radius 3 is 2.58 bits per heavy atom. The number of ether oxygens (including phenoxy) is 1. The van der Waals surface area contributed by atoms with E-state index in [1.54, 1.807) is 0 Å². The largest absolute Gasteiger partial charge is 0.465 e. The summed E-state index contributed by atoms with van der Waals surface area (Å²) in [6.45, 7) is 5.07. The van der Waals surface area contributed by atoms with Gasteiger partial charge < -0.3 is 10.1 Å². The number of nitrogens with one attached hydrogen (secondary N) is 1. The van der Waals surface area contributed by atoms with Crippen molar-refractivity contribution in [1.82, 2.24) is 5.32 Å². The van der Waals surface area contributed by atoms with Gasteiger partial charge in [-0.25, -0.2) is 0 Å². The van der Waals surface area contributed by atoms with Gasteiger partial charge in [0.25, 0.3) is 0 Å². The molecule has 0 aliphatic heterocycles. The normalized spacial score (nSPS) is 12.2. The minimum absolute atomic E-state index is 0.152. The van der Waals surface area contributed by atoms with Gasteiger partial charge in [0.05, 0.1) is 6.61 Å². The predicted molar refractivity (Wildman–Crippen MR) is 78.5 cm³/mol. The molecule has 0 amide bonds. The standard InChI is InChI=1S/C15H22ClNO2/c1-3-5-14(15(18)19-4-2)17-11-10-12-6-8-13(16)9-7-12/h6-9,14,17H,3-5,10-11H2,1-2H3. The molecule has 0 aliphatic rings. The lowest BCUT2D eigenvalue weighted by Gasteiger charge is -2.16. The van der Waals surface area contributed by atoms with Crippen molar-refractivity contribution in [1.29, 1.82) is 0 Å². The van der Waals surface area contributed by atoms with Gasteiger partial charge in [0.1, 0.15) is 6.04 Å². The number of esters is 1. The summed E-state index contributed by atoms with van der Waals surface area (Å²) in [5, 5.41) is 4.00. The zero-order valence-corrected chi connectivity index (χ0v) is 12.4. The zero-order valence-electron chi connectivity index (χ0n) is 11.6. The first-order chi connectivity index (χ1) is 9.17. The second kappa shape index (κ2) is 8.94. The maximum Gasteiger partial charge on any atom is 0.323 e. The summed E-state index contributed by atoms with van der Waals surface area (Å²) in [5.41, 5.74) is 1.20. The van der Waals surface area contributed by atoms with Gasteiger partial charge in [0.2, 0.25) is 0 Å². The maximum absolute atomic E-state index is 11.7. The van der Waals surface area contributed by atoms with Gasteiger partial charge >= 0.3 is 5.97 Å². The molecule has 0 saturated heterocycles. The summed E-state index contributed by atoms with van der Waals surface area (Å²) in [6.07, 6.45) is 2.63. The van der Waals surface area contributed by atoms with E-state index in [9.17, 15) is 4.79 Å². The second-order valence-electron chi connectivity index (χ2n) is 4.42. The molecule has 0 bridgehead atoms. The summed E-state index contributed by atoms with van der Waals surface area (Å²) < 4.78 is 5.06. The van der Waals surface area contributed by atoms with Crippen LogP contribution in [0.5, 0.6) is 0 Å². The number of halogens is 1. The lowest BCUT2D eigenvalue weighted by Crippen LogP contribution is -2.39. The molecule has 4 heteroatoms. The Morgan fingerprint density at radius 1 is 1.32 bits per heavy atom. The molecule has 1 unspecified atom stereocenters. The van der Waals surface area contributed by atoms with Crippen LogP contribution in [-0.4, -0.2) is 25.2 Å². The molecule has 0 radical (unpaired) electrons. The van der Waals surface area contributed by atoms with Crippen LogP contribution in [0.2, 0.25) is 5.02 Å². The Balaban J connectivity index is 2.39.